The van der Waals surface area contributed by atoms with Crippen LogP contribution in [0.4, 0.5) is 11.4 Å². The maximum absolute atomic E-state index is 11.8. The average Bonchev–Trinajstić information content (AvgIpc) is 2.90. The van der Waals surface area contributed by atoms with E-state index in [4.69, 9.17) is 0 Å². The Morgan fingerprint density at radius 1 is 1.26 bits per heavy atom. The molecule has 1 aromatic heterocycles. The van der Waals surface area contributed by atoms with E-state index >= 15 is 0 Å². The van der Waals surface area contributed by atoms with Crippen molar-refractivity contribution in [3.05, 3.63) is 61.9 Å². The van der Waals surface area contributed by atoms with Gasteiger partial charge in [0.1, 0.15) is 6.20 Å². The number of aryl methyl sites for hydroxylation is 1. The summed E-state index contributed by atoms with van der Waals surface area (Å²) in [6.07, 6.45) is 2.35. The van der Waals surface area contributed by atoms with Crippen LogP contribution in [0.25, 0.3) is 0 Å². The molecule has 118 valence electrons. The number of nitrogens with zero attached hydrogens (tertiary/aromatic N) is 5. The lowest BCUT2D eigenvalue weighted by molar-refractivity contribution is -0.385. The number of carbonyl (C=O) groups excluding carboxylic acids is 1. The van der Waals surface area contributed by atoms with E-state index in [2.05, 4.69) is 15.6 Å². The summed E-state index contributed by atoms with van der Waals surface area (Å²) in [4.78, 5) is 31.9. The van der Waals surface area contributed by atoms with Crippen molar-refractivity contribution < 1.29 is 14.6 Å². The van der Waals surface area contributed by atoms with Crippen molar-refractivity contribution in [1.29, 1.82) is 0 Å². The zero-order valence-corrected chi connectivity index (χ0v) is 11.7. The molecule has 0 bridgehead atoms. The molecule has 2 rings (SSSR count). The Kier molecular flexibility index (Phi) is 4.40. The van der Waals surface area contributed by atoms with Gasteiger partial charge in [0.25, 0.3) is 11.6 Å². The number of amides is 1. The lowest BCUT2D eigenvalue weighted by atomic mass is 10.2. The van der Waals surface area contributed by atoms with Gasteiger partial charge in [-0.1, -0.05) is 0 Å². The van der Waals surface area contributed by atoms with Gasteiger partial charge in [-0.05, 0) is 17.7 Å². The molecule has 1 N–H and O–H groups in total. The fraction of sp³-hybridized carbons (Fsp3) is 0.0833. The zero-order valence-electron chi connectivity index (χ0n) is 11.7. The molecule has 0 spiro atoms. The van der Waals surface area contributed by atoms with Crippen LogP contribution in [0.15, 0.2) is 35.6 Å². The highest BCUT2D eigenvalue weighted by Crippen LogP contribution is 2.15. The van der Waals surface area contributed by atoms with E-state index in [9.17, 15) is 25.0 Å². The molecule has 0 saturated carbocycles. The lowest BCUT2D eigenvalue weighted by Crippen LogP contribution is -2.19. The molecule has 1 aromatic carbocycles. The predicted molar refractivity (Wildman–Crippen MR) is 78.0 cm³/mol. The van der Waals surface area contributed by atoms with Gasteiger partial charge in [0.05, 0.1) is 16.1 Å². The number of non-ortho nitro benzene ring substituents is 1. The standard InChI is InChI=1S/C12H10N6O5/c1-16-7-10(18(22)23)11(15-16)12(19)14-13-6-8-2-4-9(5-3-8)17(20)21/h2-7H,1H3,(H,14,19)/b13-6-. The van der Waals surface area contributed by atoms with Gasteiger partial charge in [0.15, 0.2) is 0 Å². The summed E-state index contributed by atoms with van der Waals surface area (Å²) in [5.74, 6) is -0.838. The summed E-state index contributed by atoms with van der Waals surface area (Å²) in [6.45, 7) is 0. The molecule has 0 aliphatic rings. The van der Waals surface area contributed by atoms with Gasteiger partial charge in [-0.3, -0.25) is 29.7 Å². The Balaban J connectivity index is 2.07. The molecule has 0 atom stereocenters. The SMILES string of the molecule is Cn1cc([N+](=O)[O-])c(C(=O)N/N=C\c2ccc([N+](=O)[O-])cc2)n1. The van der Waals surface area contributed by atoms with Crippen LogP contribution in [0.3, 0.4) is 0 Å². The first-order chi connectivity index (χ1) is 10.9. The predicted octanol–water partition coefficient (Wildman–Crippen LogP) is 1.00. The molecule has 0 radical (unpaired) electrons. The van der Waals surface area contributed by atoms with Crippen molar-refractivity contribution in [3.8, 4) is 0 Å². The number of hydrazone groups is 1. The van der Waals surface area contributed by atoms with Gasteiger partial charge in [-0.25, -0.2) is 5.43 Å². The minimum atomic E-state index is -0.838. The summed E-state index contributed by atoms with van der Waals surface area (Å²) in [5.41, 5.74) is 1.74. The third-order valence-corrected chi connectivity index (χ3v) is 2.70. The van der Waals surface area contributed by atoms with Crippen LogP contribution in [0.2, 0.25) is 0 Å². The number of benzene rings is 1. The average molecular weight is 318 g/mol. The highest BCUT2D eigenvalue weighted by Gasteiger charge is 2.24. The summed E-state index contributed by atoms with van der Waals surface area (Å²) >= 11 is 0. The van der Waals surface area contributed by atoms with Gasteiger partial charge < -0.3 is 0 Å². The van der Waals surface area contributed by atoms with Crippen molar-refractivity contribution in [1.82, 2.24) is 15.2 Å². The van der Waals surface area contributed by atoms with Crippen LogP contribution in [-0.2, 0) is 7.05 Å². The van der Waals surface area contributed by atoms with E-state index < -0.39 is 21.4 Å². The van der Waals surface area contributed by atoms with Gasteiger partial charge in [-0.15, -0.1) is 0 Å². The molecule has 0 aliphatic carbocycles. The van der Waals surface area contributed by atoms with Crippen molar-refractivity contribution in [3.63, 3.8) is 0 Å². The van der Waals surface area contributed by atoms with Crippen LogP contribution in [0.1, 0.15) is 16.1 Å². The van der Waals surface area contributed by atoms with Gasteiger partial charge in [0.2, 0.25) is 5.69 Å². The maximum atomic E-state index is 11.8. The first-order valence-corrected chi connectivity index (χ1v) is 6.14. The lowest BCUT2D eigenvalue weighted by Gasteiger charge is -1.96. The van der Waals surface area contributed by atoms with E-state index in [1.165, 1.54) is 37.5 Å². The molecule has 2 aromatic rings. The molecule has 11 nitrogen and oxygen atoms in total. The van der Waals surface area contributed by atoms with Crippen molar-refractivity contribution in [2.75, 3.05) is 0 Å². The molecule has 11 heteroatoms. The Morgan fingerprint density at radius 3 is 2.48 bits per heavy atom. The summed E-state index contributed by atoms with van der Waals surface area (Å²) < 4.78 is 1.15. The smallest absolute Gasteiger partial charge is 0.268 e. The second kappa shape index (κ2) is 6.43. The quantitative estimate of drug-likeness (QED) is 0.494. The molecule has 23 heavy (non-hydrogen) atoms. The maximum Gasteiger partial charge on any atom is 0.320 e. The van der Waals surface area contributed by atoms with E-state index in [-0.39, 0.29) is 11.4 Å². The molecular weight excluding hydrogens is 308 g/mol. The van der Waals surface area contributed by atoms with Crippen molar-refractivity contribution >= 4 is 23.5 Å². The van der Waals surface area contributed by atoms with Gasteiger partial charge in [-0.2, -0.15) is 10.2 Å². The third-order valence-electron chi connectivity index (χ3n) is 2.70. The van der Waals surface area contributed by atoms with Crippen LogP contribution in [-0.4, -0.2) is 31.7 Å². The first-order valence-electron chi connectivity index (χ1n) is 6.14. The first kappa shape index (κ1) is 15.8. The van der Waals surface area contributed by atoms with Crippen LogP contribution in [0.5, 0.6) is 0 Å². The van der Waals surface area contributed by atoms with E-state index in [1.54, 1.807) is 0 Å². The van der Waals surface area contributed by atoms with Gasteiger partial charge in [0, 0.05) is 19.2 Å². The number of carbonyl (C=O) groups is 1. The minimum Gasteiger partial charge on any atom is -0.268 e. The number of hydrogen-bond donors (Lipinski definition) is 1. The number of nitrogens with one attached hydrogen (secondary N) is 1. The van der Waals surface area contributed by atoms with Crippen LogP contribution >= 0.6 is 0 Å². The molecular formula is C12H10N6O5. The Morgan fingerprint density at radius 2 is 1.91 bits per heavy atom. The number of rotatable bonds is 5. The van der Waals surface area contributed by atoms with E-state index in [1.807, 2.05) is 0 Å². The minimum absolute atomic E-state index is 0.0738. The topological polar surface area (TPSA) is 146 Å². The third kappa shape index (κ3) is 3.72. The Labute approximate surface area is 128 Å². The highest BCUT2D eigenvalue weighted by molar-refractivity contribution is 5.96. The number of aromatic nitrogens is 2. The molecule has 0 aliphatic heterocycles. The fourth-order valence-corrected chi connectivity index (χ4v) is 1.67. The number of hydrogen-bond acceptors (Lipinski definition) is 7. The molecule has 1 amide bonds. The number of nitro groups is 2. The molecule has 1 heterocycles. The molecule has 0 saturated heterocycles. The van der Waals surface area contributed by atoms with Crippen LogP contribution in [0, 0.1) is 20.2 Å². The Hall–Kier alpha value is -3.63. The monoisotopic (exact) mass is 318 g/mol. The van der Waals surface area contributed by atoms with Crippen molar-refractivity contribution in [2.45, 2.75) is 0 Å². The normalized spacial score (nSPS) is 10.7. The van der Waals surface area contributed by atoms with Crippen molar-refractivity contribution in [2.24, 2.45) is 12.1 Å². The number of nitro benzene ring substituents is 1. The second-order valence-corrected chi connectivity index (χ2v) is 4.34. The Bertz CT molecular complexity index is 795. The largest absolute Gasteiger partial charge is 0.320 e. The summed E-state index contributed by atoms with van der Waals surface area (Å²) in [6, 6.07) is 5.45. The second-order valence-electron chi connectivity index (χ2n) is 4.34. The highest BCUT2D eigenvalue weighted by atomic mass is 16.6. The summed E-state index contributed by atoms with van der Waals surface area (Å²) in [5, 5.41) is 28.7. The zero-order chi connectivity index (χ0) is 17.0. The van der Waals surface area contributed by atoms with E-state index in [0.29, 0.717) is 5.56 Å². The van der Waals surface area contributed by atoms with Gasteiger partial charge >= 0.3 is 5.69 Å². The fourth-order valence-electron chi connectivity index (χ4n) is 1.67. The molecule has 0 fully saturated rings. The summed E-state index contributed by atoms with van der Waals surface area (Å²) in [7, 11) is 1.45. The molecule has 0 unspecified atom stereocenters. The van der Waals surface area contributed by atoms with E-state index in [0.717, 1.165) is 10.9 Å². The van der Waals surface area contributed by atoms with Crippen LogP contribution < -0.4 is 5.43 Å².